The summed E-state index contributed by atoms with van der Waals surface area (Å²) in [5, 5.41) is 3.42. The monoisotopic (exact) mass is 226 g/mol. The number of hydrogen-bond acceptors (Lipinski definition) is 2. The first-order valence-electron chi connectivity index (χ1n) is 4.93. The summed E-state index contributed by atoms with van der Waals surface area (Å²) in [5.41, 5.74) is 6.35. The molecule has 1 aromatic carbocycles. The molecule has 0 fully saturated rings. The molecule has 0 saturated carbocycles. The van der Waals surface area contributed by atoms with Crippen LogP contribution >= 0.6 is 11.6 Å². The predicted molar refractivity (Wildman–Crippen MR) is 61.8 cm³/mol. The van der Waals surface area contributed by atoms with Gasteiger partial charge in [-0.2, -0.15) is 0 Å². The van der Waals surface area contributed by atoms with E-state index in [1.54, 1.807) is 0 Å². The number of nitrogens with one attached hydrogen (secondary N) is 1. The van der Waals surface area contributed by atoms with Gasteiger partial charge in [0.1, 0.15) is 0 Å². The minimum Gasteiger partial charge on any atom is -0.355 e. The summed E-state index contributed by atoms with van der Waals surface area (Å²) in [6.45, 7) is 1.01. The average molecular weight is 227 g/mol. The van der Waals surface area contributed by atoms with Crippen LogP contribution in [0.15, 0.2) is 24.3 Å². The van der Waals surface area contributed by atoms with Crippen LogP contribution in [-0.4, -0.2) is 19.0 Å². The van der Waals surface area contributed by atoms with Crippen LogP contribution in [0.25, 0.3) is 0 Å². The average Bonchev–Trinajstić information content (AvgIpc) is 2.23. The summed E-state index contributed by atoms with van der Waals surface area (Å²) in [7, 11) is 0. The van der Waals surface area contributed by atoms with Crippen molar-refractivity contribution in [3.8, 4) is 0 Å². The smallest absolute Gasteiger partial charge is 0.220 e. The van der Waals surface area contributed by atoms with Gasteiger partial charge < -0.3 is 11.1 Å². The number of amides is 1. The number of hydrogen-bond donors (Lipinski definition) is 2. The van der Waals surface area contributed by atoms with E-state index in [0.29, 0.717) is 31.0 Å². The summed E-state index contributed by atoms with van der Waals surface area (Å²) >= 11 is 5.83. The molecule has 0 bridgehead atoms. The molecule has 0 spiro atoms. The van der Waals surface area contributed by atoms with Crippen LogP contribution in [-0.2, 0) is 11.2 Å². The van der Waals surface area contributed by atoms with Crippen molar-refractivity contribution in [1.82, 2.24) is 5.32 Å². The zero-order valence-corrected chi connectivity index (χ0v) is 9.26. The number of nitrogens with two attached hydrogens (primary N) is 1. The third kappa shape index (κ3) is 4.81. The molecule has 1 rings (SSSR count). The molecule has 0 aromatic heterocycles. The SMILES string of the molecule is NCCNC(=O)CCc1cccc(Cl)c1. The van der Waals surface area contributed by atoms with Crippen molar-refractivity contribution in [2.45, 2.75) is 12.8 Å². The Hall–Kier alpha value is -1.06. The molecule has 0 atom stereocenters. The Kier molecular flexibility index (Phi) is 5.15. The van der Waals surface area contributed by atoms with Crippen molar-refractivity contribution in [3.63, 3.8) is 0 Å². The second-order valence-electron chi connectivity index (χ2n) is 3.27. The Labute approximate surface area is 94.6 Å². The molecule has 0 aliphatic carbocycles. The van der Waals surface area contributed by atoms with E-state index >= 15 is 0 Å². The molecule has 1 aromatic rings. The Morgan fingerprint density at radius 3 is 2.93 bits per heavy atom. The Balaban J connectivity index is 2.33. The van der Waals surface area contributed by atoms with Crippen molar-refractivity contribution < 1.29 is 4.79 Å². The van der Waals surface area contributed by atoms with Gasteiger partial charge in [-0.15, -0.1) is 0 Å². The van der Waals surface area contributed by atoms with Crippen molar-refractivity contribution in [1.29, 1.82) is 0 Å². The fourth-order valence-corrected chi connectivity index (χ4v) is 1.46. The molecule has 0 heterocycles. The molecule has 3 N–H and O–H groups in total. The quantitative estimate of drug-likeness (QED) is 0.797. The lowest BCUT2D eigenvalue weighted by molar-refractivity contribution is -0.120. The normalized spacial score (nSPS) is 10.0. The lowest BCUT2D eigenvalue weighted by Gasteiger charge is -2.03. The number of aryl methyl sites for hydroxylation is 1. The maximum absolute atomic E-state index is 11.3. The predicted octanol–water partition coefficient (Wildman–Crippen LogP) is 1.35. The number of carbonyl (C=O) groups excluding carboxylic acids is 1. The van der Waals surface area contributed by atoms with Gasteiger partial charge in [-0.3, -0.25) is 4.79 Å². The van der Waals surface area contributed by atoms with Gasteiger partial charge in [0.25, 0.3) is 0 Å². The highest BCUT2D eigenvalue weighted by Gasteiger charge is 2.01. The number of carbonyl (C=O) groups is 1. The number of halogens is 1. The molecule has 0 saturated heterocycles. The van der Waals surface area contributed by atoms with E-state index in [-0.39, 0.29) is 5.91 Å². The van der Waals surface area contributed by atoms with Crippen molar-refractivity contribution >= 4 is 17.5 Å². The molecule has 3 nitrogen and oxygen atoms in total. The zero-order chi connectivity index (χ0) is 11.1. The van der Waals surface area contributed by atoms with Crippen LogP contribution in [0.4, 0.5) is 0 Å². The first-order chi connectivity index (χ1) is 7.22. The van der Waals surface area contributed by atoms with E-state index in [9.17, 15) is 4.79 Å². The Morgan fingerprint density at radius 2 is 2.27 bits per heavy atom. The highest BCUT2D eigenvalue weighted by Crippen LogP contribution is 2.11. The van der Waals surface area contributed by atoms with Crippen LogP contribution in [0.1, 0.15) is 12.0 Å². The summed E-state index contributed by atoms with van der Waals surface area (Å²) in [6, 6.07) is 7.54. The number of benzene rings is 1. The van der Waals surface area contributed by atoms with Crippen molar-refractivity contribution in [3.05, 3.63) is 34.9 Å². The largest absolute Gasteiger partial charge is 0.355 e. The van der Waals surface area contributed by atoms with Gasteiger partial charge >= 0.3 is 0 Å². The van der Waals surface area contributed by atoms with Gasteiger partial charge in [0, 0.05) is 24.5 Å². The van der Waals surface area contributed by atoms with Crippen LogP contribution in [0.2, 0.25) is 5.02 Å². The second-order valence-corrected chi connectivity index (χ2v) is 3.70. The van der Waals surface area contributed by atoms with E-state index in [2.05, 4.69) is 5.32 Å². The van der Waals surface area contributed by atoms with E-state index in [0.717, 1.165) is 5.56 Å². The highest BCUT2D eigenvalue weighted by molar-refractivity contribution is 6.30. The molecular formula is C11H15ClN2O. The lowest BCUT2D eigenvalue weighted by Crippen LogP contribution is -2.29. The fourth-order valence-electron chi connectivity index (χ4n) is 1.25. The summed E-state index contributed by atoms with van der Waals surface area (Å²) in [4.78, 5) is 11.3. The molecule has 15 heavy (non-hydrogen) atoms. The third-order valence-corrected chi connectivity index (χ3v) is 2.23. The topological polar surface area (TPSA) is 55.1 Å². The molecule has 82 valence electrons. The maximum Gasteiger partial charge on any atom is 0.220 e. The first kappa shape index (κ1) is 12.0. The highest BCUT2D eigenvalue weighted by atomic mass is 35.5. The molecule has 0 aliphatic heterocycles. The maximum atomic E-state index is 11.3. The van der Waals surface area contributed by atoms with E-state index in [1.807, 2.05) is 24.3 Å². The molecule has 1 amide bonds. The first-order valence-corrected chi connectivity index (χ1v) is 5.31. The minimum atomic E-state index is 0.0282. The summed E-state index contributed by atoms with van der Waals surface area (Å²) in [5.74, 6) is 0.0282. The lowest BCUT2D eigenvalue weighted by atomic mass is 10.1. The number of rotatable bonds is 5. The van der Waals surface area contributed by atoms with Crippen LogP contribution in [0.3, 0.4) is 0 Å². The molecule has 0 aliphatic rings. The van der Waals surface area contributed by atoms with E-state index in [4.69, 9.17) is 17.3 Å². The minimum absolute atomic E-state index is 0.0282. The summed E-state index contributed by atoms with van der Waals surface area (Å²) in [6.07, 6.45) is 1.18. The van der Waals surface area contributed by atoms with Crippen LogP contribution in [0.5, 0.6) is 0 Å². The van der Waals surface area contributed by atoms with E-state index < -0.39 is 0 Å². The molecule has 0 unspecified atom stereocenters. The van der Waals surface area contributed by atoms with Crippen molar-refractivity contribution in [2.75, 3.05) is 13.1 Å². The Morgan fingerprint density at radius 1 is 1.47 bits per heavy atom. The molecule has 0 radical (unpaired) electrons. The van der Waals surface area contributed by atoms with Crippen LogP contribution < -0.4 is 11.1 Å². The zero-order valence-electron chi connectivity index (χ0n) is 8.50. The third-order valence-electron chi connectivity index (χ3n) is 2.00. The fraction of sp³-hybridized carbons (Fsp3) is 0.364. The van der Waals surface area contributed by atoms with Gasteiger partial charge in [-0.1, -0.05) is 23.7 Å². The van der Waals surface area contributed by atoms with Gasteiger partial charge in [-0.05, 0) is 24.1 Å². The van der Waals surface area contributed by atoms with E-state index in [1.165, 1.54) is 0 Å². The standard InChI is InChI=1S/C11H15ClN2O/c12-10-3-1-2-9(8-10)4-5-11(15)14-7-6-13/h1-3,8H,4-7,13H2,(H,14,15). The van der Waals surface area contributed by atoms with Gasteiger partial charge in [0.15, 0.2) is 0 Å². The summed E-state index contributed by atoms with van der Waals surface area (Å²) < 4.78 is 0. The Bertz CT molecular complexity index is 328. The van der Waals surface area contributed by atoms with Crippen molar-refractivity contribution in [2.24, 2.45) is 5.73 Å². The van der Waals surface area contributed by atoms with Gasteiger partial charge in [0.2, 0.25) is 5.91 Å². The second kappa shape index (κ2) is 6.43. The molecular weight excluding hydrogens is 212 g/mol. The van der Waals surface area contributed by atoms with Crippen LogP contribution in [0, 0.1) is 0 Å². The van der Waals surface area contributed by atoms with Gasteiger partial charge in [-0.25, -0.2) is 0 Å². The van der Waals surface area contributed by atoms with Gasteiger partial charge in [0.05, 0.1) is 0 Å². The molecule has 4 heteroatoms.